The molecule has 10 nitrogen and oxygen atoms in total. The van der Waals surface area contributed by atoms with Crippen LogP contribution < -0.4 is 14.4 Å². The Labute approximate surface area is 246 Å². The normalized spacial score (nSPS) is 13.8. The SMILES string of the molecule is COc1ccc(CN(C(=O)OC(C)(C)C)c2cc(C(=O)N3CCOCC3)c3cccc(C(C)(C)C#N)c3n2)c(OC)c1. The fourth-order valence-electron chi connectivity index (χ4n) is 4.76. The van der Waals surface area contributed by atoms with E-state index >= 15 is 0 Å². The molecule has 42 heavy (non-hydrogen) atoms. The third-order valence-corrected chi connectivity index (χ3v) is 7.02. The molecular weight excluding hydrogens is 536 g/mol. The number of morpholine rings is 1. The lowest BCUT2D eigenvalue weighted by Crippen LogP contribution is -2.41. The van der Waals surface area contributed by atoms with E-state index in [1.165, 1.54) is 4.90 Å². The van der Waals surface area contributed by atoms with Crippen molar-refractivity contribution in [1.82, 2.24) is 9.88 Å². The Morgan fingerprint density at radius 3 is 2.38 bits per heavy atom. The fraction of sp³-hybridized carbons (Fsp3) is 0.438. The minimum absolute atomic E-state index is 0.0373. The van der Waals surface area contributed by atoms with Gasteiger partial charge in [0.15, 0.2) is 0 Å². The van der Waals surface area contributed by atoms with E-state index in [4.69, 9.17) is 23.9 Å². The molecule has 222 valence electrons. The molecule has 1 saturated heterocycles. The van der Waals surface area contributed by atoms with E-state index in [1.54, 1.807) is 78.0 Å². The average Bonchev–Trinajstić information content (AvgIpc) is 2.98. The Morgan fingerprint density at radius 2 is 1.76 bits per heavy atom. The zero-order chi connectivity index (χ0) is 30.7. The summed E-state index contributed by atoms with van der Waals surface area (Å²) < 4.78 is 22.2. The Morgan fingerprint density at radius 1 is 1.05 bits per heavy atom. The highest BCUT2D eigenvalue weighted by atomic mass is 16.6. The van der Waals surface area contributed by atoms with Gasteiger partial charge in [0.05, 0.1) is 56.5 Å². The molecule has 1 fully saturated rings. The lowest BCUT2D eigenvalue weighted by atomic mass is 9.84. The first kappa shape index (κ1) is 30.6. The summed E-state index contributed by atoms with van der Waals surface area (Å²) in [5.74, 6) is 1.13. The molecule has 2 aromatic carbocycles. The van der Waals surface area contributed by atoms with E-state index in [-0.39, 0.29) is 18.3 Å². The first-order valence-electron chi connectivity index (χ1n) is 13.8. The molecule has 0 unspecified atom stereocenters. The summed E-state index contributed by atoms with van der Waals surface area (Å²) in [6.45, 7) is 10.8. The number of nitriles is 1. The number of methoxy groups -OCH3 is 2. The fourth-order valence-corrected chi connectivity index (χ4v) is 4.76. The smallest absolute Gasteiger partial charge is 0.416 e. The van der Waals surface area contributed by atoms with Gasteiger partial charge < -0.3 is 23.8 Å². The zero-order valence-electron chi connectivity index (χ0n) is 25.3. The van der Waals surface area contributed by atoms with Crippen LogP contribution in [0, 0.1) is 11.3 Å². The van der Waals surface area contributed by atoms with Gasteiger partial charge in [0.25, 0.3) is 5.91 Å². The topological polar surface area (TPSA) is 114 Å². The summed E-state index contributed by atoms with van der Waals surface area (Å²) >= 11 is 0. The van der Waals surface area contributed by atoms with E-state index < -0.39 is 17.1 Å². The maximum Gasteiger partial charge on any atom is 0.416 e. The van der Waals surface area contributed by atoms with Crippen LogP contribution in [0.25, 0.3) is 10.9 Å². The predicted molar refractivity (Wildman–Crippen MR) is 159 cm³/mol. The molecule has 1 aromatic heterocycles. The number of fused-ring (bicyclic) bond motifs is 1. The van der Waals surface area contributed by atoms with Crippen LogP contribution in [0.1, 0.15) is 56.1 Å². The maximum atomic E-state index is 14.0. The van der Waals surface area contributed by atoms with Crippen LogP contribution >= 0.6 is 0 Å². The van der Waals surface area contributed by atoms with Gasteiger partial charge in [0.2, 0.25) is 0 Å². The van der Waals surface area contributed by atoms with Crippen molar-refractivity contribution in [2.75, 3.05) is 45.4 Å². The summed E-state index contributed by atoms with van der Waals surface area (Å²) in [4.78, 5) is 35.8. The highest BCUT2D eigenvalue weighted by Crippen LogP contribution is 2.35. The molecule has 1 aliphatic heterocycles. The molecule has 4 rings (SSSR count). The van der Waals surface area contributed by atoms with Crippen LogP contribution in [0.4, 0.5) is 10.6 Å². The lowest BCUT2D eigenvalue weighted by molar-refractivity contribution is 0.0304. The van der Waals surface area contributed by atoms with Gasteiger partial charge >= 0.3 is 6.09 Å². The standard InChI is InChI=1S/C32H38N4O6/c1-31(2,3)42-30(38)36(19-21-11-12-22(39-6)17-26(21)40-7)27-18-24(29(37)35-13-15-41-16-14-35)23-9-8-10-25(28(23)34-27)32(4,5)20-33/h8-12,17-18H,13-16,19H2,1-7H3. The molecule has 2 heterocycles. The number of rotatable bonds is 7. The molecule has 0 atom stereocenters. The molecule has 0 spiro atoms. The van der Waals surface area contributed by atoms with E-state index in [1.807, 2.05) is 18.2 Å². The van der Waals surface area contributed by atoms with Gasteiger partial charge in [-0.1, -0.05) is 18.2 Å². The summed E-state index contributed by atoms with van der Waals surface area (Å²) in [6, 6.07) is 14.8. The number of hydrogen-bond donors (Lipinski definition) is 0. The summed E-state index contributed by atoms with van der Waals surface area (Å²) in [5, 5.41) is 10.6. The molecule has 2 amide bonds. The number of carbonyl (C=O) groups is 2. The Bertz CT molecular complexity index is 1520. The highest BCUT2D eigenvalue weighted by molar-refractivity contribution is 6.08. The third-order valence-electron chi connectivity index (χ3n) is 7.02. The predicted octanol–water partition coefficient (Wildman–Crippen LogP) is 5.47. The number of amides is 2. The van der Waals surface area contributed by atoms with Crippen molar-refractivity contribution >= 4 is 28.7 Å². The maximum absolute atomic E-state index is 14.0. The second-order valence-corrected chi connectivity index (χ2v) is 11.6. The number of aromatic nitrogens is 1. The largest absolute Gasteiger partial charge is 0.497 e. The number of nitrogens with zero attached hydrogens (tertiary/aromatic N) is 4. The number of anilines is 1. The van der Waals surface area contributed by atoms with Crippen molar-refractivity contribution in [3.8, 4) is 17.6 Å². The zero-order valence-corrected chi connectivity index (χ0v) is 25.3. The monoisotopic (exact) mass is 574 g/mol. The van der Waals surface area contributed by atoms with Crippen LogP contribution in [0.3, 0.4) is 0 Å². The van der Waals surface area contributed by atoms with Crippen molar-refractivity contribution < 1.29 is 28.5 Å². The molecule has 0 saturated carbocycles. The molecular formula is C32H38N4O6. The first-order chi connectivity index (χ1) is 19.9. The molecule has 0 bridgehead atoms. The van der Waals surface area contributed by atoms with Gasteiger partial charge in [-0.2, -0.15) is 5.26 Å². The number of hydrogen-bond acceptors (Lipinski definition) is 8. The minimum Gasteiger partial charge on any atom is -0.497 e. The van der Waals surface area contributed by atoms with Crippen molar-refractivity contribution in [1.29, 1.82) is 5.26 Å². The van der Waals surface area contributed by atoms with Gasteiger partial charge in [0, 0.05) is 30.1 Å². The average molecular weight is 575 g/mol. The number of benzene rings is 2. The van der Waals surface area contributed by atoms with Crippen molar-refractivity contribution in [2.24, 2.45) is 0 Å². The Hall–Kier alpha value is -4.36. The van der Waals surface area contributed by atoms with Crippen LogP contribution in [0.15, 0.2) is 42.5 Å². The number of para-hydroxylation sites is 1. The third kappa shape index (κ3) is 6.58. The van der Waals surface area contributed by atoms with Gasteiger partial charge in [-0.25, -0.2) is 9.78 Å². The number of carbonyl (C=O) groups excluding carboxylic acids is 2. The molecule has 3 aromatic rings. The Balaban J connectivity index is 1.96. The first-order valence-corrected chi connectivity index (χ1v) is 13.8. The second kappa shape index (κ2) is 12.2. The van der Waals surface area contributed by atoms with Gasteiger partial charge in [-0.15, -0.1) is 0 Å². The van der Waals surface area contributed by atoms with Crippen molar-refractivity contribution in [3.05, 3.63) is 59.2 Å². The molecule has 0 radical (unpaired) electrons. The second-order valence-electron chi connectivity index (χ2n) is 11.6. The molecule has 1 aliphatic rings. The van der Waals surface area contributed by atoms with Crippen LogP contribution in [-0.2, 0) is 21.4 Å². The van der Waals surface area contributed by atoms with E-state index in [0.29, 0.717) is 65.4 Å². The highest BCUT2D eigenvalue weighted by Gasteiger charge is 2.31. The van der Waals surface area contributed by atoms with Crippen LogP contribution in [-0.4, -0.2) is 68.0 Å². The van der Waals surface area contributed by atoms with E-state index in [2.05, 4.69) is 6.07 Å². The number of pyridine rings is 1. The van der Waals surface area contributed by atoms with Gasteiger partial charge in [-0.05, 0) is 58.4 Å². The van der Waals surface area contributed by atoms with Crippen LogP contribution in [0.2, 0.25) is 0 Å². The summed E-state index contributed by atoms with van der Waals surface area (Å²) in [7, 11) is 3.10. The molecule has 0 aliphatic carbocycles. The van der Waals surface area contributed by atoms with E-state index in [9.17, 15) is 14.9 Å². The summed E-state index contributed by atoms with van der Waals surface area (Å²) in [5.41, 5.74) is 0.456. The lowest BCUT2D eigenvalue weighted by Gasteiger charge is -2.30. The minimum atomic E-state index is -0.916. The summed E-state index contributed by atoms with van der Waals surface area (Å²) in [6.07, 6.45) is -0.644. The Kier molecular flexibility index (Phi) is 8.92. The molecule has 10 heteroatoms. The molecule has 0 N–H and O–H groups in total. The quantitative estimate of drug-likeness (QED) is 0.365. The van der Waals surface area contributed by atoms with Gasteiger partial charge in [-0.3, -0.25) is 9.69 Å². The van der Waals surface area contributed by atoms with Gasteiger partial charge in [0.1, 0.15) is 22.9 Å². The van der Waals surface area contributed by atoms with E-state index in [0.717, 1.165) is 0 Å². The van der Waals surface area contributed by atoms with Crippen LogP contribution in [0.5, 0.6) is 11.5 Å². The van der Waals surface area contributed by atoms with Crippen molar-refractivity contribution in [3.63, 3.8) is 0 Å². The van der Waals surface area contributed by atoms with Crippen molar-refractivity contribution in [2.45, 2.75) is 52.2 Å². The number of ether oxygens (including phenoxy) is 4.